The smallest absolute Gasteiger partial charge is 0.252 e. The number of piperidine rings is 1. The van der Waals surface area contributed by atoms with Gasteiger partial charge in [0.15, 0.2) is 5.82 Å². The van der Waals surface area contributed by atoms with E-state index in [2.05, 4.69) is 20.1 Å². The van der Waals surface area contributed by atoms with Gasteiger partial charge in [-0.2, -0.15) is 0 Å². The van der Waals surface area contributed by atoms with Crippen molar-refractivity contribution in [3.63, 3.8) is 0 Å². The Hall–Kier alpha value is -4.80. The molecule has 1 atom stereocenters. The normalized spacial score (nSPS) is 16.8. The highest BCUT2D eigenvalue weighted by molar-refractivity contribution is 5.96. The summed E-state index contributed by atoms with van der Waals surface area (Å²) in [6.45, 7) is 8.74. The molecule has 3 N–H and O–H groups in total. The summed E-state index contributed by atoms with van der Waals surface area (Å²) >= 11 is 0. The number of para-hydroxylation sites is 1. The number of ether oxygens (including phenoxy) is 1. The van der Waals surface area contributed by atoms with Crippen LogP contribution in [0, 0.1) is 18.7 Å². The summed E-state index contributed by atoms with van der Waals surface area (Å²) in [5, 5.41) is 14.7. The molecule has 0 radical (unpaired) electrons. The van der Waals surface area contributed by atoms with Crippen LogP contribution in [-0.2, 0) is 4.74 Å². The Kier molecular flexibility index (Phi) is 8.86. The molecule has 3 aromatic carbocycles. The minimum atomic E-state index is -0.830. The number of aromatic amines is 1. The van der Waals surface area contributed by atoms with Crippen molar-refractivity contribution in [2.75, 3.05) is 50.8 Å². The van der Waals surface area contributed by atoms with Gasteiger partial charge in [0.05, 0.1) is 37.3 Å². The van der Waals surface area contributed by atoms with Gasteiger partial charge in [0.1, 0.15) is 11.6 Å². The second-order valence-electron chi connectivity index (χ2n) is 12.6. The number of fused-ring (bicyclic) bond motifs is 1. The third-order valence-corrected chi connectivity index (χ3v) is 9.27. The molecule has 9 nitrogen and oxygen atoms in total. The minimum absolute atomic E-state index is 0.116. The van der Waals surface area contributed by atoms with Crippen molar-refractivity contribution in [1.29, 1.82) is 0 Å². The van der Waals surface area contributed by atoms with Crippen LogP contribution in [0.1, 0.15) is 46.1 Å². The van der Waals surface area contributed by atoms with Crippen LogP contribution >= 0.6 is 0 Å². The highest BCUT2D eigenvalue weighted by Gasteiger charge is 2.25. The van der Waals surface area contributed by atoms with Gasteiger partial charge < -0.3 is 25.0 Å². The molecule has 2 fully saturated rings. The molecule has 7 rings (SSSR count). The van der Waals surface area contributed by atoms with Crippen LogP contribution in [0.15, 0.2) is 79.1 Å². The number of hydrogen-bond donors (Lipinski definition) is 3. The van der Waals surface area contributed by atoms with Crippen LogP contribution in [0.3, 0.4) is 0 Å². The van der Waals surface area contributed by atoms with E-state index in [-0.39, 0.29) is 17.2 Å². The van der Waals surface area contributed by atoms with Crippen molar-refractivity contribution >= 4 is 22.5 Å². The molecule has 1 unspecified atom stereocenters. The number of carbonyl (C=O) groups is 1. The topological polar surface area (TPSA) is 107 Å². The summed E-state index contributed by atoms with van der Waals surface area (Å²) in [5.41, 5.74) is 4.75. The van der Waals surface area contributed by atoms with E-state index < -0.39 is 11.9 Å². The number of amides is 1. The molecule has 4 heterocycles. The molecule has 242 valence electrons. The van der Waals surface area contributed by atoms with Crippen molar-refractivity contribution in [3.8, 4) is 17.1 Å². The molecule has 5 aromatic rings. The standard InChI is InChI=1S/C37H39FN6O3/c1-24-16-27(36-39-21-30(22-40-36)44-10-8-25(9-11-44)23-43-12-14-47-15-13-43)18-28(17-24)37(46)42-35(31-20-29(38)6-7-34(31)45)33-19-26-4-2-3-5-32(26)41-33/h2-7,16-22,25,35,41,45H,8-15,23H2,1H3,(H,42,46). The molecule has 2 saturated heterocycles. The van der Waals surface area contributed by atoms with E-state index >= 15 is 0 Å². The average molecular weight is 635 g/mol. The summed E-state index contributed by atoms with van der Waals surface area (Å²) in [5.74, 6) is 0.225. The Morgan fingerprint density at radius 3 is 2.55 bits per heavy atom. The van der Waals surface area contributed by atoms with Crippen LogP contribution < -0.4 is 10.2 Å². The molecule has 0 aliphatic carbocycles. The van der Waals surface area contributed by atoms with E-state index in [9.17, 15) is 14.3 Å². The first-order chi connectivity index (χ1) is 22.9. The fourth-order valence-corrected chi connectivity index (χ4v) is 6.74. The van der Waals surface area contributed by atoms with Crippen molar-refractivity contribution in [3.05, 3.63) is 107 Å². The fourth-order valence-electron chi connectivity index (χ4n) is 6.74. The van der Waals surface area contributed by atoms with Gasteiger partial charge in [-0.3, -0.25) is 9.69 Å². The molecular weight excluding hydrogens is 595 g/mol. The Morgan fingerprint density at radius 2 is 1.79 bits per heavy atom. The van der Waals surface area contributed by atoms with E-state index in [4.69, 9.17) is 14.7 Å². The predicted octanol–water partition coefficient (Wildman–Crippen LogP) is 5.85. The molecule has 47 heavy (non-hydrogen) atoms. The number of morpholine rings is 1. The van der Waals surface area contributed by atoms with Gasteiger partial charge in [0.25, 0.3) is 5.91 Å². The molecule has 1 amide bonds. The maximum absolute atomic E-state index is 14.4. The van der Waals surface area contributed by atoms with Crippen molar-refractivity contribution < 1.29 is 19.0 Å². The van der Waals surface area contributed by atoms with Gasteiger partial charge in [0.2, 0.25) is 0 Å². The molecule has 2 aromatic heterocycles. The van der Waals surface area contributed by atoms with E-state index in [0.717, 1.165) is 86.5 Å². The Bertz CT molecular complexity index is 1830. The van der Waals surface area contributed by atoms with Crippen molar-refractivity contribution in [2.45, 2.75) is 25.8 Å². The van der Waals surface area contributed by atoms with Crippen molar-refractivity contribution in [1.82, 2.24) is 25.2 Å². The number of H-pyrrole nitrogens is 1. The first kappa shape index (κ1) is 30.8. The molecule has 10 heteroatoms. The Morgan fingerprint density at radius 1 is 1.02 bits per heavy atom. The average Bonchev–Trinajstić information content (AvgIpc) is 3.53. The quantitative estimate of drug-likeness (QED) is 0.197. The SMILES string of the molecule is Cc1cc(C(=O)NC(c2cc3ccccc3[nH]2)c2cc(F)ccc2O)cc(-c2ncc(N3CCC(CN4CCOCC4)CC3)cn2)c1. The van der Waals surface area contributed by atoms with Gasteiger partial charge >= 0.3 is 0 Å². The van der Waals surface area contributed by atoms with E-state index in [1.54, 1.807) is 12.1 Å². The number of anilines is 1. The van der Waals surface area contributed by atoms with Gasteiger partial charge in [-0.15, -0.1) is 0 Å². The summed E-state index contributed by atoms with van der Waals surface area (Å²) in [7, 11) is 0. The summed E-state index contributed by atoms with van der Waals surface area (Å²) in [6, 6.07) is 18.0. The number of aryl methyl sites for hydroxylation is 1. The molecule has 0 spiro atoms. The number of phenolic OH excluding ortho intramolecular Hbond substituents is 1. The second-order valence-corrected chi connectivity index (χ2v) is 12.6. The van der Waals surface area contributed by atoms with Crippen LogP contribution in [0.2, 0.25) is 0 Å². The maximum Gasteiger partial charge on any atom is 0.252 e. The highest BCUT2D eigenvalue weighted by atomic mass is 19.1. The lowest BCUT2D eigenvalue weighted by Gasteiger charge is -2.36. The first-order valence-electron chi connectivity index (χ1n) is 16.3. The van der Waals surface area contributed by atoms with Crippen LogP contribution in [0.25, 0.3) is 22.3 Å². The van der Waals surface area contributed by atoms with Gasteiger partial charge in [0, 0.05) is 60.6 Å². The lowest BCUT2D eigenvalue weighted by atomic mass is 9.96. The largest absolute Gasteiger partial charge is 0.508 e. The monoisotopic (exact) mass is 634 g/mol. The zero-order valence-corrected chi connectivity index (χ0v) is 26.5. The fraction of sp³-hybridized carbons (Fsp3) is 0.324. The number of phenols is 1. The number of hydrogen-bond acceptors (Lipinski definition) is 7. The number of rotatable bonds is 8. The van der Waals surface area contributed by atoms with Crippen molar-refractivity contribution in [2.24, 2.45) is 5.92 Å². The third-order valence-electron chi connectivity index (χ3n) is 9.27. The number of halogens is 1. The number of nitrogens with zero attached hydrogens (tertiary/aromatic N) is 4. The van der Waals surface area contributed by atoms with Crippen LogP contribution in [-0.4, -0.2) is 76.8 Å². The Balaban J connectivity index is 1.08. The lowest BCUT2D eigenvalue weighted by molar-refractivity contribution is 0.0289. The lowest BCUT2D eigenvalue weighted by Crippen LogP contribution is -2.43. The van der Waals surface area contributed by atoms with Gasteiger partial charge in [-0.05, 0) is 85.2 Å². The molecular formula is C37H39FN6O3. The second kappa shape index (κ2) is 13.5. The highest BCUT2D eigenvalue weighted by Crippen LogP contribution is 2.32. The first-order valence-corrected chi connectivity index (χ1v) is 16.3. The van der Waals surface area contributed by atoms with Gasteiger partial charge in [-0.25, -0.2) is 14.4 Å². The molecule has 2 aliphatic rings. The molecule has 0 saturated carbocycles. The number of carbonyl (C=O) groups excluding carboxylic acids is 1. The van der Waals surface area contributed by atoms with Crippen LogP contribution in [0.5, 0.6) is 5.75 Å². The zero-order chi connectivity index (χ0) is 32.3. The Labute approximate surface area is 273 Å². The summed E-state index contributed by atoms with van der Waals surface area (Å²) in [6.07, 6.45) is 6.02. The summed E-state index contributed by atoms with van der Waals surface area (Å²) < 4.78 is 19.9. The van der Waals surface area contributed by atoms with Crippen LogP contribution in [0.4, 0.5) is 10.1 Å². The number of nitrogens with one attached hydrogen (secondary N) is 2. The summed E-state index contributed by atoms with van der Waals surface area (Å²) in [4.78, 5) is 31.4. The van der Waals surface area contributed by atoms with E-state index in [0.29, 0.717) is 23.0 Å². The van der Waals surface area contributed by atoms with E-state index in [1.807, 2.05) is 55.7 Å². The zero-order valence-electron chi connectivity index (χ0n) is 26.5. The number of aromatic nitrogens is 3. The maximum atomic E-state index is 14.4. The minimum Gasteiger partial charge on any atom is -0.508 e. The number of benzene rings is 3. The van der Waals surface area contributed by atoms with Gasteiger partial charge in [-0.1, -0.05) is 18.2 Å². The number of aromatic hydroxyl groups is 1. The van der Waals surface area contributed by atoms with E-state index in [1.165, 1.54) is 18.2 Å². The third kappa shape index (κ3) is 6.99. The molecule has 2 aliphatic heterocycles. The predicted molar refractivity (Wildman–Crippen MR) is 180 cm³/mol. The molecule has 0 bridgehead atoms.